The lowest BCUT2D eigenvalue weighted by Gasteiger charge is -2.14. The van der Waals surface area contributed by atoms with Crippen LogP contribution in [0.25, 0.3) is 11.0 Å². The molecule has 0 aliphatic carbocycles. The SMILES string of the molecule is COc1cc(NC(=O)c2cnc3ccccc3n2)cc(OC)c1OC. The Hall–Kier alpha value is -3.35. The highest BCUT2D eigenvalue weighted by Crippen LogP contribution is 2.39. The molecule has 3 aromatic rings. The minimum Gasteiger partial charge on any atom is -0.493 e. The van der Waals surface area contributed by atoms with E-state index >= 15 is 0 Å². The molecule has 2 aromatic carbocycles. The lowest BCUT2D eigenvalue weighted by molar-refractivity contribution is 0.102. The Labute approximate surface area is 144 Å². The van der Waals surface area contributed by atoms with Gasteiger partial charge in [-0.15, -0.1) is 0 Å². The third kappa shape index (κ3) is 3.30. The Morgan fingerprint density at radius 1 is 0.960 bits per heavy atom. The van der Waals surface area contributed by atoms with Crippen molar-refractivity contribution < 1.29 is 19.0 Å². The second kappa shape index (κ2) is 7.04. The summed E-state index contributed by atoms with van der Waals surface area (Å²) in [7, 11) is 4.54. The van der Waals surface area contributed by atoms with Crippen molar-refractivity contribution in [2.24, 2.45) is 0 Å². The van der Waals surface area contributed by atoms with Gasteiger partial charge in [-0.25, -0.2) is 4.98 Å². The van der Waals surface area contributed by atoms with Crippen molar-refractivity contribution in [3.63, 3.8) is 0 Å². The van der Waals surface area contributed by atoms with Gasteiger partial charge in [0, 0.05) is 17.8 Å². The van der Waals surface area contributed by atoms with Crippen molar-refractivity contribution >= 4 is 22.6 Å². The maximum Gasteiger partial charge on any atom is 0.275 e. The second-order valence-electron chi connectivity index (χ2n) is 5.11. The van der Waals surface area contributed by atoms with Gasteiger partial charge in [0.25, 0.3) is 5.91 Å². The van der Waals surface area contributed by atoms with Gasteiger partial charge in [-0.3, -0.25) is 9.78 Å². The van der Waals surface area contributed by atoms with Gasteiger partial charge in [0.1, 0.15) is 5.69 Å². The molecule has 0 spiro atoms. The van der Waals surface area contributed by atoms with Gasteiger partial charge in [0.2, 0.25) is 5.75 Å². The van der Waals surface area contributed by atoms with E-state index in [2.05, 4.69) is 15.3 Å². The second-order valence-corrected chi connectivity index (χ2v) is 5.11. The van der Waals surface area contributed by atoms with Crippen LogP contribution >= 0.6 is 0 Å². The Balaban J connectivity index is 1.91. The predicted octanol–water partition coefficient (Wildman–Crippen LogP) is 2.91. The van der Waals surface area contributed by atoms with Gasteiger partial charge in [0.05, 0.1) is 38.6 Å². The van der Waals surface area contributed by atoms with Crippen LogP contribution in [-0.2, 0) is 0 Å². The standard InChI is InChI=1S/C18H17N3O4/c1-23-15-8-11(9-16(24-2)17(15)25-3)20-18(22)14-10-19-12-6-4-5-7-13(12)21-14/h4-10H,1-3H3,(H,20,22). The first-order valence-corrected chi connectivity index (χ1v) is 7.49. The van der Waals surface area contributed by atoms with Crippen molar-refractivity contribution in [3.05, 3.63) is 48.3 Å². The van der Waals surface area contributed by atoms with Crippen molar-refractivity contribution in [1.29, 1.82) is 0 Å². The first kappa shape index (κ1) is 16.5. The fraction of sp³-hybridized carbons (Fsp3) is 0.167. The predicted molar refractivity (Wildman–Crippen MR) is 93.6 cm³/mol. The molecule has 7 nitrogen and oxygen atoms in total. The Bertz CT molecular complexity index is 902. The molecular weight excluding hydrogens is 322 g/mol. The molecular formula is C18H17N3O4. The molecule has 1 amide bonds. The van der Waals surface area contributed by atoms with E-state index in [1.165, 1.54) is 27.5 Å². The van der Waals surface area contributed by atoms with Crippen LogP contribution in [0.3, 0.4) is 0 Å². The molecule has 0 saturated carbocycles. The summed E-state index contributed by atoms with van der Waals surface area (Å²) in [5.74, 6) is 0.963. The van der Waals surface area contributed by atoms with Crippen LogP contribution < -0.4 is 19.5 Å². The Morgan fingerprint density at radius 3 is 2.20 bits per heavy atom. The van der Waals surface area contributed by atoms with E-state index in [1.807, 2.05) is 18.2 Å². The summed E-state index contributed by atoms with van der Waals surface area (Å²) in [4.78, 5) is 21.1. The summed E-state index contributed by atoms with van der Waals surface area (Å²) in [6.07, 6.45) is 1.44. The smallest absolute Gasteiger partial charge is 0.275 e. The number of nitrogens with one attached hydrogen (secondary N) is 1. The molecule has 0 radical (unpaired) electrons. The van der Waals surface area contributed by atoms with Crippen molar-refractivity contribution in [3.8, 4) is 17.2 Å². The normalized spacial score (nSPS) is 10.4. The Morgan fingerprint density at radius 2 is 1.60 bits per heavy atom. The summed E-state index contributed by atoms with van der Waals surface area (Å²) in [6, 6.07) is 10.6. The van der Waals surface area contributed by atoms with Gasteiger partial charge in [-0.05, 0) is 12.1 Å². The summed E-state index contributed by atoms with van der Waals surface area (Å²) >= 11 is 0. The molecule has 0 bridgehead atoms. The van der Waals surface area contributed by atoms with E-state index < -0.39 is 0 Å². The van der Waals surface area contributed by atoms with Crippen molar-refractivity contribution in [1.82, 2.24) is 9.97 Å². The summed E-state index contributed by atoms with van der Waals surface area (Å²) in [5, 5.41) is 2.77. The van der Waals surface area contributed by atoms with Crippen LogP contribution in [0.4, 0.5) is 5.69 Å². The molecule has 1 aromatic heterocycles. The number of carbonyl (C=O) groups excluding carboxylic acids is 1. The lowest BCUT2D eigenvalue weighted by Crippen LogP contribution is -2.14. The van der Waals surface area contributed by atoms with Crippen LogP contribution in [0.2, 0.25) is 0 Å². The Kier molecular flexibility index (Phi) is 4.65. The van der Waals surface area contributed by atoms with Gasteiger partial charge in [-0.2, -0.15) is 0 Å². The zero-order chi connectivity index (χ0) is 17.8. The topological polar surface area (TPSA) is 82.6 Å². The molecule has 7 heteroatoms. The number of hydrogen-bond donors (Lipinski definition) is 1. The number of nitrogens with zero attached hydrogens (tertiary/aromatic N) is 2. The molecule has 0 atom stereocenters. The monoisotopic (exact) mass is 339 g/mol. The molecule has 25 heavy (non-hydrogen) atoms. The maximum atomic E-state index is 12.5. The van der Waals surface area contributed by atoms with E-state index in [1.54, 1.807) is 18.2 Å². The molecule has 0 fully saturated rings. The summed E-state index contributed by atoms with van der Waals surface area (Å²) < 4.78 is 15.8. The molecule has 0 saturated heterocycles. The highest BCUT2D eigenvalue weighted by Gasteiger charge is 2.16. The van der Waals surface area contributed by atoms with Gasteiger partial charge in [0.15, 0.2) is 11.5 Å². The number of fused-ring (bicyclic) bond motifs is 1. The van der Waals surface area contributed by atoms with Gasteiger partial charge < -0.3 is 19.5 Å². The molecule has 128 valence electrons. The first-order valence-electron chi connectivity index (χ1n) is 7.49. The summed E-state index contributed by atoms with van der Waals surface area (Å²) in [5.41, 5.74) is 2.09. The van der Waals surface area contributed by atoms with Crippen molar-refractivity contribution in [2.75, 3.05) is 26.6 Å². The third-order valence-corrected chi connectivity index (χ3v) is 3.60. The number of aromatic nitrogens is 2. The molecule has 3 rings (SSSR count). The molecule has 0 aliphatic heterocycles. The van der Waals surface area contributed by atoms with E-state index in [0.717, 1.165) is 5.52 Å². The fourth-order valence-corrected chi connectivity index (χ4v) is 2.41. The molecule has 1 heterocycles. The van der Waals surface area contributed by atoms with Crippen LogP contribution in [0.1, 0.15) is 10.5 Å². The summed E-state index contributed by atoms with van der Waals surface area (Å²) in [6.45, 7) is 0. The highest BCUT2D eigenvalue weighted by atomic mass is 16.5. The van der Waals surface area contributed by atoms with E-state index in [9.17, 15) is 4.79 Å². The minimum atomic E-state index is -0.382. The average molecular weight is 339 g/mol. The van der Waals surface area contributed by atoms with Crippen LogP contribution in [0.5, 0.6) is 17.2 Å². The fourth-order valence-electron chi connectivity index (χ4n) is 2.41. The number of hydrogen-bond acceptors (Lipinski definition) is 6. The number of ether oxygens (including phenoxy) is 3. The largest absolute Gasteiger partial charge is 0.493 e. The lowest BCUT2D eigenvalue weighted by atomic mass is 10.2. The number of para-hydroxylation sites is 2. The molecule has 0 unspecified atom stereocenters. The number of carbonyl (C=O) groups is 1. The number of anilines is 1. The number of amides is 1. The number of methoxy groups -OCH3 is 3. The first-order chi connectivity index (χ1) is 12.2. The zero-order valence-corrected chi connectivity index (χ0v) is 14.1. The molecule has 0 aliphatic rings. The van der Waals surface area contributed by atoms with Crippen LogP contribution in [0, 0.1) is 0 Å². The highest BCUT2D eigenvalue weighted by molar-refractivity contribution is 6.03. The number of rotatable bonds is 5. The van der Waals surface area contributed by atoms with E-state index in [4.69, 9.17) is 14.2 Å². The van der Waals surface area contributed by atoms with Gasteiger partial charge >= 0.3 is 0 Å². The maximum absolute atomic E-state index is 12.5. The third-order valence-electron chi connectivity index (χ3n) is 3.60. The van der Waals surface area contributed by atoms with Gasteiger partial charge in [-0.1, -0.05) is 12.1 Å². The number of benzene rings is 2. The minimum absolute atomic E-state index is 0.215. The average Bonchev–Trinajstić information content (AvgIpc) is 2.66. The van der Waals surface area contributed by atoms with E-state index in [0.29, 0.717) is 28.5 Å². The zero-order valence-electron chi connectivity index (χ0n) is 14.1. The van der Waals surface area contributed by atoms with Crippen LogP contribution in [-0.4, -0.2) is 37.2 Å². The quantitative estimate of drug-likeness (QED) is 0.769. The van der Waals surface area contributed by atoms with E-state index in [-0.39, 0.29) is 11.6 Å². The van der Waals surface area contributed by atoms with Crippen molar-refractivity contribution in [2.45, 2.75) is 0 Å². The molecule has 1 N–H and O–H groups in total. The van der Waals surface area contributed by atoms with Crippen LogP contribution in [0.15, 0.2) is 42.6 Å².